The van der Waals surface area contributed by atoms with Gasteiger partial charge >= 0.3 is 0 Å². The lowest BCUT2D eigenvalue weighted by Crippen LogP contribution is -2.22. The van der Waals surface area contributed by atoms with Crippen LogP contribution in [0.4, 0.5) is 0 Å². The lowest BCUT2D eigenvalue weighted by molar-refractivity contribution is 0.610. The SMILES string of the molecule is Cc1ccc(C)c2c1C([Si](C)(C)C)=CC2CCCC1C=C([Si](C)(C)C)c2c(C)ccc(C)c21. The lowest BCUT2D eigenvalue weighted by atomic mass is 9.86. The standard InChI is InChI=1S/C31H44Si2/c1-20-14-16-22(3)30-26(32(5,6)7)18-24(28(20)30)12-11-13-25-19-27(33(8,9)10)31-23(4)17-15-21(2)29(25)31/h14-19,24-25H,11-13H2,1-10H3. The van der Waals surface area contributed by atoms with Gasteiger partial charge in [0.2, 0.25) is 0 Å². The van der Waals surface area contributed by atoms with Crippen molar-refractivity contribution < 1.29 is 0 Å². The lowest BCUT2D eigenvalue weighted by Gasteiger charge is -2.22. The van der Waals surface area contributed by atoms with Crippen molar-refractivity contribution in [2.24, 2.45) is 0 Å². The van der Waals surface area contributed by atoms with Crippen LogP contribution in [0.5, 0.6) is 0 Å². The molecule has 33 heavy (non-hydrogen) atoms. The molecule has 0 fully saturated rings. The molecule has 0 nitrogen and oxygen atoms in total. The van der Waals surface area contributed by atoms with Crippen molar-refractivity contribution in [3.63, 3.8) is 0 Å². The Hall–Kier alpha value is -1.65. The number of hydrogen-bond donors (Lipinski definition) is 0. The van der Waals surface area contributed by atoms with Crippen LogP contribution in [0.1, 0.15) is 75.6 Å². The van der Waals surface area contributed by atoms with E-state index in [9.17, 15) is 0 Å². The van der Waals surface area contributed by atoms with Crippen LogP contribution in [-0.2, 0) is 0 Å². The van der Waals surface area contributed by atoms with Crippen LogP contribution < -0.4 is 0 Å². The molecule has 0 bridgehead atoms. The fourth-order valence-corrected chi connectivity index (χ4v) is 9.90. The Morgan fingerprint density at radius 2 is 0.879 bits per heavy atom. The summed E-state index contributed by atoms with van der Waals surface area (Å²) in [5.74, 6) is 1.20. The number of benzene rings is 2. The van der Waals surface area contributed by atoms with Gasteiger partial charge in [-0.05, 0) is 85.0 Å². The third-order valence-corrected chi connectivity index (χ3v) is 12.1. The van der Waals surface area contributed by atoms with E-state index in [4.69, 9.17) is 0 Å². The summed E-state index contributed by atoms with van der Waals surface area (Å²) in [5.41, 5.74) is 12.4. The molecule has 0 saturated heterocycles. The summed E-state index contributed by atoms with van der Waals surface area (Å²) in [4.78, 5) is 0. The summed E-state index contributed by atoms with van der Waals surface area (Å²) in [6.45, 7) is 24.4. The zero-order valence-electron chi connectivity index (χ0n) is 22.7. The maximum atomic E-state index is 2.68. The smallest absolute Gasteiger partial charge is 0.0771 e. The van der Waals surface area contributed by atoms with E-state index in [1.165, 1.54) is 41.5 Å². The summed E-state index contributed by atoms with van der Waals surface area (Å²) in [7, 11) is -2.74. The second-order valence-corrected chi connectivity index (χ2v) is 22.9. The van der Waals surface area contributed by atoms with E-state index >= 15 is 0 Å². The minimum absolute atomic E-state index is 0.599. The number of hydrogen-bond acceptors (Lipinski definition) is 0. The Kier molecular flexibility index (Phi) is 6.33. The fraction of sp³-hybridized carbons (Fsp3) is 0.484. The van der Waals surface area contributed by atoms with Gasteiger partial charge in [0.05, 0.1) is 16.1 Å². The highest BCUT2D eigenvalue weighted by Crippen LogP contribution is 2.48. The van der Waals surface area contributed by atoms with Gasteiger partial charge in [0, 0.05) is 11.8 Å². The van der Waals surface area contributed by atoms with Gasteiger partial charge in [0.15, 0.2) is 0 Å². The molecule has 0 spiro atoms. The summed E-state index contributed by atoms with van der Waals surface area (Å²) in [6, 6.07) is 9.39. The second kappa shape index (κ2) is 8.54. The third kappa shape index (κ3) is 4.41. The van der Waals surface area contributed by atoms with Crippen LogP contribution >= 0.6 is 0 Å². The quantitative estimate of drug-likeness (QED) is 0.367. The zero-order chi connectivity index (χ0) is 24.3. The summed E-state index contributed by atoms with van der Waals surface area (Å²) in [5, 5.41) is 3.39. The summed E-state index contributed by atoms with van der Waals surface area (Å²) < 4.78 is 0. The van der Waals surface area contributed by atoms with Crippen molar-refractivity contribution in [3.8, 4) is 0 Å². The van der Waals surface area contributed by atoms with Crippen molar-refractivity contribution in [3.05, 3.63) is 80.9 Å². The molecule has 2 heteroatoms. The van der Waals surface area contributed by atoms with Crippen LogP contribution in [0.15, 0.2) is 36.4 Å². The van der Waals surface area contributed by atoms with E-state index in [-0.39, 0.29) is 0 Å². The normalized spacial score (nSPS) is 19.9. The topological polar surface area (TPSA) is 0 Å². The molecule has 0 aliphatic heterocycles. The minimum Gasteiger partial charge on any atom is -0.0771 e. The molecule has 176 valence electrons. The molecule has 2 aliphatic rings. The number of fused-ring (bicyclic) bond motifs is 2. The van der Waals surface area contributed by atoms with Crippen LogP contribution in [0, 0.1) is 27.7 Å². The van der Waals surface area contributed by atoms with Gasteiger partial charge in [-0.1, -0.05) is 92.5 Å². The Morgan fingerprint density at radius 3 is 1.21 bits per heavy atom. The van der Waals surface area contributed by atoms with Gasteiger partial charge in [0.25, 0.3) is 0 Å². The first-order valence-electron chi connectivity index (χ1n) is 13.0. The molecule has 0 amide bonds. The van der Waals surface area contributed by atoms with E-state index in [1.54, 1.807) is 32.6 Å². The van der Waals surface area contributed by atoms with E-state index < -0.39 is 16.1 Å². The van der Waals surface area contributed by atoms with Crippen LogP contribution in [0.3, 0.4) is 0 Å². The molecule has 2 aromatic rings. The predicted octanol–water partition coefficient (Wildman–Crippen LogP) is 9.51. The monoisotopic (exact) mass is 472 g/mol. The molecule has 0 radical (unpaired) electrons. The highest BCUT2D eigenvalue weighted by atomic mass is 28.3. The van der Waals surface area contributed by atoms with Gasteiger partial charge in [-0.2, -0.15) is 0 Å². The summed E-state index contributed by atoms with van der Waals surface area (Å²) in [6.07, 6.45) is 9.20. The second-order valence-electron chi connectivity index (χ2n) is 12.8. The molecule has 2 aromatic carbocycles. The molecule has 4 rings (SSSR count). The van der Waals surface area contributed by atoms with Crippen molar-refractivity contribution >= 4 is 26.5 Å². The predicted molar refractivity (Wildman–Crippen MR) is 154 cm³/mol. The average molecular weight is 473 g/mol. The van der Waals surface area contributed by atoms with E-state index in [0.29, 0.717) is 11.8 Å². The van der Waals surface area contributed by atoms with Gasteiger partial charge < -0.3 is 0 Å². The molecule has 0 N–H and O–H groups in total. The van der Waals surface area contributed by atoms with Gasteiger partial charge in [-0.25, -0.2) is 0 Å². The molecule has 2 atom stereocenters. The van der Waals surface area contributed by atoms with Gasteiger partial charge in [0.1, 0.15) is 0 Å². The largest absolute Gasteiger partial charge is 0.0780 e. The van der Waals surface area contributed by atoms with Crippen LogP contribution in [0.25, 0.3) is 10.4 Å². The van der Waals surface area contributed by atoms with E-state index in [0.717, 1.165) is 0 Å². The first-order chi connectivity index (χ1) is 15.3. The number of rotatable bonds is 6. The molecule has 0 aromatic heterocycles. The zero-order valence-corrected chi connectivity index (χ0v) is 24.7. The molecule has 0 saturated carbocycles. The average Bonchev–Trinajstić information content (AvgIpc) is 3.29. The van der Waals surface area contributed by atoms with E-state index in [2.05, 4.69) is 103 Å². The maximum Gasteiger partial charge on any atom is 0.0780 e. The molecule has 2 unspecified atom stereocenters. The van der Waals surface area contributed by atoms with Crippen LogP contribution in [0.2, 0.25) is 39.3 Å². The molecule has 0 heterocycles. The maximum absolute atomic E-state index is 2.68. The van der Waals surface area contributed by atoms with Crippen LogP contribution in [-0.4, -0.2) is 16.1 Å². The minimum atomic E-state index is -1.37. The van der Waals surface area contributed by atoms with Gasteiger partial charge in [-0.3, -0.25) is 0 Å². The highest BCUT2D eigenvalue weighted by Gasteiger charge is 2.35. The third-order valence-electron chi connectivity index (χ3n) is 8.01. The molecule has 2 aliphatic carbocycles. The Bertz CT molecular complexity index is 1060. The first-order valence-corrected chi connectivity index (χ1v) is 20.0. The fourth-order valence-electron chi connectivity index (χ4n) is 6.33. The van der Waals surface area contributed by atoms with Crippen molar-refractivity contribution in [1.82, 2.24) is 0 Å². The summed E-state index contributed by atoms with van der Waals surface area (Å²) >= 11 is 0. The molecular formula is C31H44Si2. The number of aryl methyl sites for hydroxylation is 4. The highest BCUT2D eigenvalue weighted by molar-refractivity contribution is 6.94. The Morgan fingerprint density at radius 1 is 0.545 bits per heavy atom. The molecular weight excluding hydrogens is 429 g/mol. The van der Waals surface area contributed by atoms with Gasteiger partial charge in [-0.15, -0.1) is 0 Å². The first kappa shape index (κ1) is 24.5. The van der Waals surface area contributed by atoms with E-state index in [1.807, 2.05) is 0 Å². The number of allylic oxidation sites excluding steroid dienone is 2. The van der Waals surface area contributed by atoms with Crippen molar-refractivity contribution in [2.75, 3.05) is 0 Å². The van der Waals surface area contributed by atoms with Crippen molar-refractivity contribution in [1.29, 1.82) is 0 Å². The van der Waals surface area contributed by atoms with Crippen molar-refractivity contribution in [2.45, 2.75) is 98.1 Å². The Labute approximate surface area is 205 Å². The Balaban J connectivity index is 1.60.